The molecule has 1 amide bonds. The fourth-order valence-electron chi connectivity index (χ4n) is 3.19. The Morgan fingerprint density at radius 1 is 1.42 bits per heavy atom. The molecule has 0 bridgehead atoms. The monoisotopic (exact) mass is 271 g/mol. The van der Waals surface area contributed by atoms with Crippen LogP contribution in [0.25, 0.3) is 0 Å². The third-order valence-corrected chi connectivity index (χ3v) is 4.46. The predicted octanol–water partition coefficient (Wildman–Crippen LogP) is 1.50. The molecule has 0 aromatic heterocycles. The topological polar surface area (TPSA) is 77.8 Å². The molecule has 2 N–H and O–H groups in total. The Morgan fingerprint density at radius 3 is 2.32 bits per heavy atom. The second kappa shape index (κ2) is 5.49. The maximum atomic E-state index is 12.2. The van der Waals surface area contributed by atoms with E-state index in [0.717, 1.165) is 25.7 Å². The Hall–Kier alpha value is -1.10. The summed E-state index contributed by atoms with van der Waals surface area (Å²) < 4.78 is 0. The van der Waals surface area contributed by atoms with Gasteiger partial charge in [-0.15, -0.1) is 0 Å². The Balaban J connectivity index is 0.00000180. The van der Waals surface area contributed by atoms with E-state index < -0.39 is 18.1 Å². The molecule has 2 aliphatic rings. The van der Waals surface area contributed by atoms with E-state index in [1.54, 1.807) is 0 Å². The van der Waals surface area contributed by atoms with Gasteiger partial charge in [0.05, 0.1) is 11.5 Å². The molecule has 110 valence electrons. The lowest BCUT2D eigenvalue weighted by molar-refractivity contribution is -0.180. The fraction of sp³-hybridized carbons (Fsp3) is 0.857. The van der Waals surface area contributed by atoms with Gasteiger partial charge in [0, 0.05) is 6.54 Å². The Morgan fingerprint density at radius 2 is 1.95 bits per heavy atom. The molecule has 5 nitrogen and oxygen atoms in total. The number of aliphatic hydroxyl groups excluding tert-OH is 1. The van der Waals surface area contributed by atoms with Gasteiger partial charge in [-0.25, -0.2) is 4.79 Å². The zero-order chi connectivity index (χ0) is 13.5. The van der Waals surface area contributed by atoms with Gasteiger partial charge in [0.1, 0.15) is 0 Å². The molecule has 0 unspecified atom stereocenters. The summed E-state index contributed by atoms with van der Waals surface area (Å²) in [6, 6.07) is -1.09. The number of nitrogens with zero attached hydrogens (tertiary/aromatic N) is 1. The molecule has 1 saturated heterocycles. The number of hydrogen-bond donors (Lipinski definition) is 2. The zero-order valence-corrected chi connectivity index (χ0v) is 10.9. The molecule has 0 radical (unpaired) electrons. The molecule has 1 saturated carbocycles. The highest BCUT2D eigenvalue weighted by atomic mass is 16.4. The van der Waals surface area contributed by atoms with Crippen LogP contribution in [0.2, 0.25) is 0 Å². The smallest absolute Gasteiger partial charge is 0.329 e. The highest BCUT2D eigenvalue weighted by molar-refractivity contribution is 5.93. The second-order valence-electron chi connectivity index (χ2n) is 5.92. The third-order valence-electron chi connectivity index (χ3n) is 4.46. The lowest BCUT2D eigenvalue weighted by Gasteiger charge is -2.53. The minimum Gasteiger partial charge on any atom is -0.480 e. The molecule has 0 aromatic carbocycles. The number of carbonyl (C=O) groups is 2. The van der Waals surface area contributed by atoms with E-state index in [4.69, 9.17) is 5.11 Å². The first kappa shape index (κ1) is 16.0. The minimum atomic E-state index is -1.13. The summed E-state index contributed by atoms with van der Waals surface area (Å²) >= 11 is 0. The van der Waals surface area contributed by atoms with Gasteiger partial charge in [-0.05, 0) is 38.5 Å². The van der Waals surface area contributed by atoms with Crippen molar-refractivity contribution >= 4 is 11.9 Å². The number of aliphatic hydroxyl groups is 1. The van der Waals surface area contributed by atoms with Crippen LogP contribution in [-0.2, 0) is 9.59 Å². The van der Waals surface area contributed by atoms with E-state index in [9.17, 15) is 14.7 Å². The number of hydrogen-bond acceptors (Lipinski definition) is 3. The molecule has 1 spiro atoms. The fourth-order valence-corrected chi connectivity index (χ4v) is 3.19. The number of rotatable bonds is 3. The molecule has 1 heterocycles. The number of carbonyl (C=O) groups excluding carboxylic acids is 1. The SMILES string of the molecule is C.CC1CCC2(CC1)CN([C@H](C(=O)O)[C@@H](C)O)C2=O. The van der Waals surface area contributed by atoms with E-state index in [2.05, 4.69) is 6.92 Å². The van der Waals surface area contributed by atoms with Crippen molar-refractivity contribution in [2.24, 2.45) is 11.3 Å². The van der Waals surface area contributed by atoms with Gasteiger partial charge in [-0.2, -0.15) is 0 Å². The van der Waals surface area contributed by atoms with Gasteiger partial charge in [-0.1, -0.05) is 14.4 Å². The van der Waals surface area contributed by atoms with Crippen molar-refractivity contribution in [1.82, 2.24) is 4.90 Å². The molecule has 5 heteroatoms. The van der Waals surface area contributed by atoms with E-state index in [-0.39, 0.29) is 18.7 Å². The first-order valence-electron chi connectivity index (χ1n) is 6.59. The van der Waals surface area contributed by atoms with E-state index in [0.29, 0.717) is 12.5 Å². The summed E-state index contributed by atoms with van der Waals surface area (Å²) in [5.41, 5.74) is -0.324. The van der Waals surface area contributed by atoms with Crippen LogP contribution in [-0.4, -0.2) is 45.7 Å². The van der Waals surface area contributed by atoms with Crippen molar-refractivity contribution in [2.45, 2.75) is 59.1 Å². The van der Waals surface area contributed by atoms with Crippen molar-refractivity contribution in [2.75, 3.05) is 6.54 Å². The molecule has 2 atom stereocenters. The molecule has 2 fully saturated rings. The predicted molar refractivity (Wildman–Crippen MR) is 71.6 cm³/mol. The number of aliphatic carboxylic acids is 1. The summed E-state index contributed by atoms with van der Waals surface area (Å²) in [6.45, 7) is 4.09. The molecule has 2 rings (SSSR count). The van der Waals surface area contributed by atoms with Crippen molar-refractivity contribution in [1.29, 1.82) is 0 Å². The Bertz CT molecular complexity index is 358. The maximum Gasteiger partial charge on any atom is 0.329 e. The number of amides is 1. The van der Waals surface area contributed by atoms with Crippen LogP contribution in [0.15, 0.2) is 0 Å². The number of likely N-dealkylation sites (tertiary alicyclic amines) is 1. The minimum absolute atomic E-state index is 0. The van der Waals surface area contributed by atoms with Gasteiger partial charge in [0.15, 0.2) is 6.04 Å². The average molecular weight is 271 g/mol. The van der Waals surface area contributed by atoms with Crippen LogP contribution in [0.3, 0.4) is 0 Å². The van der Waals surface area contributed by atoms with Crippen molar-refractivity contribution in [3.8, 4) is 0 Å². The Kier molecular flexibility index (Phi) is 4.61. The van der Waals surface area contributed by atoms with Crippen LogP contribution in [0.1, 0.15) is 47.0 Å². The number of carboxylic acids is 1. The van der Waals surface area contributed by atoms with Crippen LogP contribution < -0.4 is 0 Å². The van der Waals surface area contributed by atoms with Gasteiger partial charge in [0.2, 0.25) is 5.91 Å². The molecular formula is C14H25NO4. The van der Waals surface area contributed by atoms with E-state index >= 15 is 0 Å². The second-order valence-corrected chi connectivity index (χ2v) is 5.92. The van der Waals surface area contributed by atoms with Crippen molar-refractivity contribution < 1.29 is 19.8 Å². The maximum absolute atomic E-state index is 12.2. The molecule has 19 heavy (non-hydrogen) atoms. The number of carboxylic acid groups (broad SMARTS) is 1. The summed E-state index contributed by atoms with van der Waals surface area (Å²) in [6.07, 6.45) is 2.75. The standard InChI is InChI=1S/C13H21NO4.CH4/c1-8-3-5-13(6-4-8)7-14(12(13)18)10(9(2)15)11(16)17;/h8-10,15H,3-7H2,1-2H3,(H,16,17);1H4/t8?,9-,10+,13?;/m1./s1. The zero-order valence-electron chi connectivity index (χ0n) is 10.9. The number of β-lactam (4-membered cyclic amide) rings is 1. The van der Waals surface area contributed by atoms with Gasteiger partial charge < -0.3 is 15.1 Å². The van der Waals surface area contributed by atoms with E-state index in [1.807, 2.05) is 0 Å². The van der Waals surface area contributed by atoms with Crippen molar-refractivity contribution in [3.05, 3.63) is 0 Å². The molecule has 1 aliphatic carbocycles. The van der Waals surface area contributed by atoms with Crippen molar-refractivity contribution in [3.63, 3.8) is 0 Å². The van der Waals surface area contributed by atoms with Crippen LogP contribution in [0, 0.1) is 11.3 Å². The third kappa shape index (κ3) is 2.61. The first-order valence-corrected chi connectivity index (χ1v) is 6.59. The lowest BCUT2D eigenvalue weighted by atomic mass is 9.65. The summed E-state index contributed by atoms with van der Waals surface area (Å²) in [4.78, 5) is 24.7. The largest absolute Gasteiger partial charge is 0.480 e. The van der Waals surface area contributed by atoms with Gasteiger partial charge in [0.25, 0.3) is 0 Å². The van der Waals surface area contributed by atoms with Crippen LogP contribution in [0.5, 0.6) is 0 Å². The van der Waals surface area contributed by atoms with E-state index in [1.165, 1.54) is 11.8 Å². The molecule has 1 aliphatic heterocycles. The normalized spacial score (nSPS) is 33.3. The highest BCUT2D eigenvalue weighted by Crippen LogP contribution is 2.47. The molecule has 0 aromatic rings. The highest BCUT2D eigenvalue weighted by Gasteiger charge is 2.56. The van der Waals surface area contributed by atoms with Crippen LogP contribution >= 0.6 is 0 Å². The Labute approximate surface area is 114 Å². The van der Waals surface area contributed by atoms with Crippen LogP contribution in [0.4, 0.5) is 0 Å². The lowest BCUT2D eigenvalue weighted by Crippen LogP contribution is -2.68. The molecular weight excluding hydrogens is 246 g/mol. The first-order chi connectivity index (χ1) is 8.37. The quantitative estimate of drug-likeness (QED) is 0.762. The van der Waals surface area contributed by atoms with Gasteiger partial charge >= 0.3 is 5.97 Å². The summed E-state index contributed by atoms with van der Waals surface area (Å²) in [5, 5.41) is 18.6. The summed E-state index contributed by atoms with van der Waals surface area (Å²) in [5.74, 6) is -0.551. The average Bonchev–Trinajstić information content (AvgIpc) is 2.30. The summed E-state index contributed by atoms with van der Waals surface area (Å²) in [7, 11) is 0. The van der Waals surface area contributed by atoms with Gasteiger partial charge in [-0.3, -0.25) is 4.79 Å².